The minimum atomic E-state index is -3.57. The van der Waals surface area contributed by atoms with Crippen LogP contribution in [-0.2, 0) is 27.9 Å². The van der Waals surface area contributed by atoms with E-state index in [9.17, 15) is 8.42 Å². The van der Waals surface area contributed by atoms with Crippen molar-refractivity contribution in [1.82, 2.24) is 14.5 Å². The van der Waals surface area contributed by atoms with Crippen LogP contribution in [0, 0.1) is 0 Å². The summed E-state index contributed by atoms with van der Waals surface area (Å²) in [6.45, 7) is 4.31. The largest absolute Gasteiger partial charge is 0.376 e. The first-order valence-corrected chi connectivity index (χ1v) is 12.6. The zero-order valence-electron chi connectivity index (χ0n) is 17.7. The Labute approximate surface area is 184 Å². The maximum absolute atomic E-state index is 12.7. The second kappa shape index (κ2) is 10.3. The maximum Gasteiger partial charge on any atom is 0.237 e. The van der Waals surface area contributed by atoms with Gasteiger partial charge in [0.15, 0.2) is 0 Å². The predicted molar refractivity (Wildman–Crippen MR) is 124 cm³/mol. The minimum Gasteiger partial charge on any atom is -0.376 e. The van der Waals surface area contributed by atoms with Crippen molar-refractivity contribution in [3.8, 4) is 0 Å². The summed E-state index contributed by atoms with van der Waals surface area (Å²) in [7, 11) is -3.57. The number of para-hydroxylation sites is 2. The zero-order valence-corrected chi connectivity index (χ0v) is 18.6. The van der Waals surface area contributed by atoms with E-state index >= 15 is 0 Å². The molecule has 166 valence electrons. The van der Waals surface area contributed by atoms with Crippen molar-refractivity contribution in [2.75, 3.05) is 36.7 Å². The first-order valence-electron chi connectivity index (χ1n) is 10.9. The second-order valence-electron chi connectivity index (χ2n) is 7.94. The monoisotopic (exact) mass is 442 g/mol. The van der Waals surface area contributed by atoms with E-state index in [1.165, 1.54) is 19.3 Å². The molecule has 2 heterocycles. The van der Waals surface area contributed by atoms with Crippen molar-refractivity contribution >= 4 is 27.0 Å². The van der Waals surface area contributed by atoms with Gasteiger partial charge in [-0.25, -0.2) is 13.4 Å². The summed E-state index contributed by atoms with van der Waals surface area (Å²) >= 11 is 0. The number of imidazole rings is 1. The Morgan fingerprint density at radius 3 is 2.48 bits per heavy atom. The van der Waals surface area contributed by atoms with Crippen LogP contribution in [0.1, 0.15) is 24.8 Å². The van der Waals surface area contributed by atoms with Gasteiger partial charge in [0.05, 0.1) is 30.0 Å². The summed E-state index contributed by atoms with van der Waals surface area (Å²) in [6.07, 6.45) is 3.75. The standard InChI is InChI=1S/C23H30N4O3S/c28-31(29,18-17-30-19-20-9-3-1-4-10-20)25-23-24-21-11-5-6-12-22(21)27(23)16-15-26-13-7-2-8-14-26/h1,3-6,9-12H,2,7-8,13-19H2,(H,24,25). The molecule has 1 saturated heterocycles. The molecule has 0 radical (unpaired) electrons. The Bertz CT molecular complexity index is 1080. The molecule has 1 aliphatic rings. The summed E-state index contributed by atoms with van der Waals surface area (Å²) in [6, 6.07) is 17.5. The third kappa shape index (κ3) is 6.06. The van der Waals surface area contributed by atoms with E-state index in [1.54, 1.807) is 0 Å². The number of likely N-dealkylation sites (tertiary alicyclic amines) is 1. The SMILES string of the molecule is O=S(=O)(CCOCc1ccccc1)Nc1nc2ccccc2n1CCN1CCCCC1. The van der Waals surface area contributed by atoms with Crippen molar-refractivity contribution in [3.05, 3.63) is 60.2 Å². The van der Waals surface area contributed by atoms with Crippen LogP contribution in [0.5, 0.6) is 0 Å². The number of ether oxygens (including phenoxy) is 1. The van der Waals surface area contributed by atoms with E-state index < -0.39 is 10.0 Å². The molecule has 8 heteroatoms. The van der Waals surface area contributed by atoms with Crippen LogP contribution in [-0.4, -0.2) is 54.9 Å². The molecular formula is C23H30N4O3S. The molecule has 0 spiro atoms. The molecule has 4 rings (SSSR count). The number of anilines is 1. The third-order valence-corrected chi connectivity index (χ3v) is 6.80. The van der Waals surface area contributed by atoms with Crippen LogP contribution in [0.15, 0.2) is 54.6 Å². The molecule has 0 atom stereocenters. The number of benzene rings is 2. The van der Waals surface area contributed by atoms with E-state index in [4.69, 9.17) is 4.74 Å². The summed E-state index contributed by atoms with van der Waals surface area (Å²) < 4.78 is 35.6. The van der Waals surface area contributed by atoms with Crippen LogP contribution < -0.4 is 4.72 Å². The van der Waals surface area contributed by atoms with Gasteiger partial charge >= 0.3 is 0 Å². The molecule has 0 saturated carbocycles. The van der Waals surface area contributed by atoms with Gasteiger partial charge in [-0.2, -0.15) is 0 Å². The number of piperidine rings is 1. The van der Waals surface area contributed by atoms with Gasteiger partial charge in [-0.3, -0.25) is 4.72 Å². The third-order valence-electron chi connectivity index (χ3n) is 5.60. The summed E-state index contributed by atoms with van der Waals surface area (Å²) in [5.74, 6) is 0.260. The normalized spacial score (nSPS) is 15.4. The number of hydrogen-bond donors (Lipinski definition) is 1. The van der Waals surface area contributed by atoms with Crippen molar-refractivity contribution in [2.24, 2.45) is 0 Å². The van der Waals surface area contributed by atoms with Gasteiger partial charge in [0, 0.05) is 13.1 Å². The van der Waals surface area contributed by atoms with E-state index in [-0.39, 0.29) is 12.4 Å². The summed E-state index contributed by atoms with van der Waals surface area (Å²) in [4.78, 5) is 6.99. The van der Waals surface area contributed by atoms with Crippen LogP contribution in [0.2, 0.25) is 0 Å². The summed E-state index contributed by atoms with van der Waals surface area (Å²) in [5.41, 5.74) is 2.75. The van der Waals surface area contributed by atoms with Crippen LogP contribution >= 0.6 is 0 Å². The molecule has 1 aliphatic heterocycles. The fraction of sp³-hybridized carbons (Fsp3) is 0.435. The van der Waals surface area contributed by atoms with Gasteiger partial charge < -0.3 is 14.2 Å². The first kappa shape index (κ1) is 21.8. The Hall–Kier alpha value is -2.42. The number of rotatable bonds is 10. The topological polar surface area (TPSA) is 76.5 Å². The number of nitrogens with zero attached hydrogens (tertiary/aromatic N) is 3. The zero-order chi connectivity index (χ0) is 21.5. The van der Waals surface area contributed by atoms with Crippen molar-refractivity contribution in [3.63, 3.8) is 0 Å². The van der Waals surface area contributed by atoms with Gasteiger partial charge in [0.25, 0.3) is 0 Å². The lowest BCUT2D eigenvalue weighted by Gasteiger charge is -2.26. The Kier molecular flexibility index (Phi) is 7.21. The fourth-order valence-electron chi connectivity index (χ4n) is 3.93. The number of sulfonamides is 1. The van der Waals surface area contributed by atoms with Gasteiger partial charge in [-0.15, -0.1) is 0 Å². The predicted octanol–water partition coefficient (Wildman–Crippen LogP) is 3.48. The highest BCUT2D eigenvalue weighted by atomic mass is 32.2. The number of aromatic nitrogens is 2. The molecule has 1 N–H and O–H groups in total. The number of fused-ring (bicyclic) bond motifs is 1. The molecule has 31 heavy (non-hydrogen) atoms. The number of hydrogen-bond acceptors (Lipinski definition) is 5. The molecule has 1 aromatic heterocycles. The van der Waals surface area contributed by atoms with Crippen LogP contribution in [0.3, 0.4) is 0 Å². The smallest absolute Gasteiger partial charge is 0.237 e. The van der Waals surface area contributed by atoms with Gasteiger partial charge in [-0.05, 0) is 43.6 Å². The first-order chi connectivity index (χ1) is 15.1. The fourth-order valence-corrected chi connectivity index (χ4v) is 4.80. The quantitative estimate of drug-likeness (QED) is 0.487. The molecule has 0 bridgehead atoms. The van der Waals surface area contributed by atoms with E-state index in [0.717, 1.165) is 36.2 Å². The van der Waals surface area contributed by atoms with E-state index in [1.807, 2.05) is 59.2 Å². The molecule has 3 aromatic rings. The Balaban J connectivity index is 1.40. The molecule has 0 aliphatic carbocycles. The van der Waals surface area contributed by atoms with Crippen molar-refractivity contribution in [2.45, 2.75) is 32.4 Å². The van der Waals surface area contributed by atoms with E-state index in [2.05, 4.69) is 14.6 Å². The van der Waals surface area contributed by atoms with Gasteiger partial charge in [0.1, 0.15) is 0 Å². The second-order valence-corrected chi connectivity index (χ2v) is 9.78. The summed E-state index contributed by atoms with van der Waals surface area (Å²) in [5, 5.41) is 0. The molecule has 0 unspecified atom stereocenters. The maximum atomic E-state index is 12.7. The van der Waals surface area contributed by atoms with Gasteiger partial charge in [-0.1, -0.05) is 48.9 Å². The van der Waals surface area contributed by atoms with Crippen molar-refractivity contribution in [1.29, 1.82) is 0 Å². The Morgan fingerprint density at radius 2 is 1.68 bits per heavy atom. The highest BCUT2D eigenvalue weighted by Gasteiger charge is 2.18. The lowest BCUT2D eigenvalue weighted by Crippen LogP contribution is -2.33. The minimum absolute atomic E-state index is 0.116. The van der Waals surface area contributed by atoms with E-state index in [0.29, 0.717) is 19.1 Å². The lowest BCUT2D eigenvalue weighted by atomic mass is 10.1. The highest BCUT2D eigenvalue weighted by molar-refractivity contribution is 7.92. The molecule has 0 amide bonds. The van der Waals surface area contributed by atoms with Crippen molar-refractivity contribution < 1.29 is 13.2 Å². The molecule has 2 aromatic carbocycles. The highest BCUT2D eigenvalue weighted by Crippen LogP contribution is 2.21. The van der Waals surface area contributed by atoms with Crippen LogP contribution in [0.4, 0.5) is 5.95 Å². The molecule has 1 fully saturated rings. The number of nitrogens with one attached hydrogen (secondary N) is 1. The average molecular weight is 443 g/mol. The van der Waals surface area contributed by atoms with Crippen LogP contribution in [0.25, 0.3) is 11.0 Å². The van der Waals surface area contributed by atoms with Gasteiger partial charge in [0.2, 0.25) is 16.0 Å². The Morgan fingerprint density at radius 1 is 0.935 bits per heavy atom. The molecular weight excluding hydrogens is 412 g/mol. The molecule has 7 nitrogen and oxygen atoms in total. The lowest BCUT2D eigenvalue weighted by molar-refractivity contribution is 0.135. The average Bonchev–Trinajstić information content (AvgIpc) is 3.13.